The molecule has 4 aromatic carbocycles. The Labute approximate surface area is 237 Å². The van der Waals surface area contributed by atoms with E-state index in [2.05, 4.69) is 26.0 Å². The Morgan fingerprint density at radius 2 is 0.925 bits per heavy atom. The molecule has 0 heterocycles. The predicted molar refractivity (Wildman–Crippen MR) is 163 cm³/mol. The van der Waals surface area contributed by atoms with Crippen molar-refractivity contribution >= 4 is 21.5 Å². The van der Waals surface area contributed by atoms with Gasteiger partial charge in [0, 0.05) is 33.0 Å². The number of phenolic OH excluding ortho intramolecular Hbond substituents is 2. The summed E-state index contributed by atoms with van der Waals surface area (Å²) in [4.78, 5) is 0. The number of unbranched alkanes of at least 4 members (excludes halogenated alkanes) is 2. The monoisotopic (exact) mass is 546 g/mol. The van der Waals surface area contributed by atoms with Crippen LogP contribution in [0.2, 0.25) is 0 Å². The van der Waals surface area contributed by atoms with Crippen molar-refractivity contribution in [3.8, 4) is 45.6 Å². The van der Waals surface area contributed by atoms with E-state index in [-0.39, 0.29) is 11.5 Å². The van der Waals surface area contributed by atoms with Crippen molar-refractivity contribution in [2.45, 2.75) is 66.2 Å². The lowest BCUT2D eigenvalue weighted by molar-refractivity contribution is 0.352. The lowest BCUT2D eigenvalue weighted by Gasteiger charge is -2.22. The molecule has 0 aliphatic heterocycles. The van der Waals surface area contributed by atoms with Crippen LogP contribution in [0.5, 0.6) is 34.5 Å². The average Bonchev–Trinajstić information content (AvgIpc) is 2.95. The number of aromatic hydroxyl groups is 2. The van der Waals surface area contributed by atoms with Crippen LogP contribution in [0.4, 0.5) is 0 Å². The number of rotatable bonds is 11. The van der Waals surface area contributed by atoms with Crippen LogP contribution in [-0.2, 0) is 12.8 Å². The highest BCUT2D eigenvalue weighted by molar-refractivity contribution is 6.06. The molecule has 0 radical (unpaired) electrons. The number of phenols is 2. The molecular weight excluding hydrogens is 504 g/mol. The first kappa shape index (κ1) is 29.2. The zero-order valence-electron chi connectivity index (χ0n) is 25.1. The van der Waals surface area contributed by atoms with Gasteiger partial charge in [-0.25, -0.2) is 0 Å². The number of hydrogen-bond donors (Lipinski definition) is 2. The normalized spacial score (nSPS) is 11.3. The average molecular weight is 547 g/mol. The highest BCUT2D eigenvalue weighted by atomic mass is 16.5. The molecule has 0 atom stereocenters. The molecule has 0 saturated heterocycles. The largest absolute Gasteiger partial charge is 0.507 e. The van der Waals surface area contributed by atoms with Crippen molar-refractivity contribution < 1.29 is 29.2 Å². The van der Waals surface area contributed by atoms with E-state index in [1.807, 2.05) is 26.0 Å². The van der Waals surface area contributed by atoms with E-state index in [0.29, 0.717) is 44.9 Å². The van der Waals surface area contributed by atoms with E-state index < -0.39 is 0 Å². The lowest BCUT2D eigenvalue weighted by atomic mass is 9.86. The van der Waals surface area contributed by atoms with Crippen molar-refractivity contribution in [1.82, 2.24) is 0 Å². The van der Waals surface area contributed by atoms with E-state index in [9.17, 15) is 10.2 Å². The fourth-order valence-corrected chi connectivity index (χ4v) is 5.94. The Hall–Kier alpha value is -3.80. The molecule has 0 spiro atoms. The van der Waals surface area contributed by atoms with Crippen LogP contribution in [0, 0.1) is 13.8 Å². The number of methoxy groups -OCH3 is 4. The van der Waals surface area contributed by atoms with E-state index in [1.165, 1.54) is 0 Å². The molecule has 0 aliphatic rings. The van der Waals surface area contributed by atoms with Gasteiger partial charge in [0.25, 0.3) is 0 Å². The summed E-state index contributed by atoms with van der Waals surface area (Å²) in [6.07, 6.45) is 5.63. The second-order valence-corrected chi connectivity index (χ2v) is 10.4. The zero-order chi connectivity index (χ0) is 29.1. The Balaban J connectivity index is 2.08. The van der Waals surface area contributed by atoms with Gasteiger partial charge in [-0.05, 0) is 73.6 Å². The van der Waals surface area contributed by atoms with Crippen molar-refractivity contribution in [2.75, 3.05) is 28.4 Å². The minimum atomic E-state index is 0.109. The van der Waals surface area contributed by atoms with E-state index in [4.69, 9.17) is 18.9 Å². The molecule has 6 heteroatoms. The summed E-state index contributed by atoms with van der Waals surface area (Å²) in [5, 5.41) is 26.9. The molecule has 0 unspecified atom stereocenters. The summed E-state index contributed by atoms with van der Waals surface area (Å²) in [6, 6.07) is 7.82. The molecular formula is C34H42O6. The van der Waals surface area contributed by atoms with Gasteiger partial charge in [0.05, 0.1) is 28.4 Å². The fraction of sp³-hybridized carbons (Fsp3) is 0.412. The Bertz CT molecular complexity index is 1440. The van der Waals surface area contributed by atoms with Crippen LogP contribution in [0.1, 0.15) is 61.8 Å². The summed E-state index contributed by atoms with van der Waals surface area (Å²) in [7, 11) is 6.51. The van der Waals surface area contributed by atoms with E-state index >= 15 is 0 Å². The third-order valence-electron chi connectivity index (χ3n) is 7.93. The van der Waals surface area contributed by atoms with Gasteiger partial charge in [0.2, 0.25) is 0 Å². The second kappa shape index (κ2) is 12.2. The topological polar surface area (TPSA) is 77.4 Å². The van der Waals surface area contributed by atoms with Crippen LogP contribution >= 0.6 is 0 Å². The van der Waals surface area contributed by atoms with Crippen LogP contribution in [0.15, 0.2) is 24.3 Å². The lowest BCUT2D eigenvalue weighted by Crippen LogP contribution is -2.01. The maximum atomic E-state index is 11.8. The van der Waals surface area contributed by atoms with Gasteiger partial charge in [-0.3, -0.25) is 0 Å². The highest BCUT2D eigenvalue weighted by Crippen LogP contribution is 2.51. The first-order valence-electron chi connectivity index (χ1n) is 14.1. The summed E-state index contributed by atoms with van der Waals surface area (Å²) in [5.74, 6) is 2.75. The van der Waals surface area contributed by atoms with Gasteiger partial charge in [0.15, 0.2) is 23.0 Å². The van der Waals surface area contributed by atoms with Crippen molar-refractivity contribution in [2.24, 2.45) is 0 Å². The maximum Gasteiger partial charge on any atom is 0.164 e. The first-order valence-corrected chi connectivity index (χ1v) is 14.1. The van der Waals surface area contributed by atoms with E-state index in [0.717, 1.165) is 71.6 Å². The Kier molecular flexibility index (Phi) is 8.87. The molecule has 6 nitrogen and oxygen atoms in total. The van der Waals surface area contributed by atoms with E-state index in [1.54, 1.807) is 28.4 Å². The van der Waals surface area contributed by atoms with Gasteiger partial charge < -0.3 is 29.2 Å². The number of benzene rings is 4. The van der Waals surface area contributed by atoms with Crippen molar-refractivity contribution in [3.05, 3.63) is 46.5 Å². The molecule has 40 heavy (non-hydrogen) atoms. The van der Waals surface area contributed by atoms with Crippen LogP contribution in [0.3, 0.4) is 0 Å². The summed E-state index contributed by atoms with van der Waals surface area (Å²) in [5.41, 5.74) is 4.95. The standard InChI is InChI=1S/C34H42O6/c1-9-11-13-21-23-15-19(3)29(31(35)25(23)17-27(37-5)33(21)39-7)30-20(4)16-24-22(14-12-10-2)34(40-8)28(38-6)18-26(24)32(30)36/h15-18,35-36H,9-14H2,1-8H3. The van der Waals surface area contributed by atoms with Gasteiger partial charge in [0.1, 0.15) is 11.5 Å². The minimum absolute atomic E-state index is 0.109. The molecule has 0 aliphatic carbocycles. The van der Waals surface area contributed by atoms with Gasteiger partial charge >= 0.3 is 0 Å². The number of ether oxygens (including phenoxy) is 4. The molecule has 214 valence electrons. The summed E-state index contributed by atoms with van der Waals surface area (Å²) in [6.45, 7) is 8.25. The Morgan fingerprint density at radius 1 is 0.550 bits per heavy atom. The molecule has 2 N–H and O–H groups in total. The first-order chi connectivity index (χ1) is 19.3. The molecule has 0 amide bonds. The minimum Gasteiger partial charge on any atom is -0.507 e. The molecule has 0 fully saturated rings. The van der Waals surface area contributed by atoms with Crippen molar-refractivity contribution in [1.29, 1.82) is 0 Å². The predicted octanol–water partition coefficient (Wildman–Crippen LogP) is 8.41. The van der Waals surface area contributed by atoms with Crippen LogP contribution in [0.25, 0.3) is 32.7 Å². The summed E-state index contributed by atoms with van der Waals surface area (Å²) >= 11 is 0. The molecule has 0 aromatic heterocycles. The zero-order valence-corrected chi connectivity index (χ0v) is 25.1. The second-order valence-electron chi connectivity index (χ2n) is 10.4. The summed E-state index contributed by atoms with van der Waals surface area (Å²) < 4.78 is 22.9. The maximum absolute atomic E-state index is 11.8. The third kappa shape index (κ3) is 4.85. The number of fused-ring (bicyclic) bond motifs is 2. The fourth-order valence-electron chi connectivity index (χ4n) is 5.94. The highest BCUT2D eigenvalue weighted by Gasteiger charge is 2.25. The molecule has 0 saturated carbocycles. The molecule has 4 aromatic rings. The molecule has 0 bridgehead atoms. The van der Waals surface area contributed by atoms with Crippen molar-refractivity contribution in [3.63, 3.8) is 0 Å². The van der Waals surface area contributed by atoms with Crippen LogP contribution in [-0.4, -0.2) is 38.7 Å². The molecule has 4 rings (SSSR count). The smallest absolute Gasteiger partial charge is 0.164 e. The van der Waals surface area contributed by atoms with Crippen LogP contribution < -0.4 is 18.9 Å². The number of hydrogen-bond acceptors (Lipinski definition) is 6. The third-order valence-corrected chi connectivity index (χ3v) is 7.93. The van der Waals surface area contributed by atoms with Gasteiger partial charge in [-0.1, -0.05) is 38.8 Å². The SMILES string of the molecule is CCCCc1c(OC)c(OC)cc2c(O)c(-c3c(C)cc4c(CCCC)c(OC)c(OC)cc4c3O)c(C)cc12. The Morgan fingerprint density at radius 3 is 1.23 bits per heavy atom. The van der Waals surface area contributed by atoms with Gasteiger partial charge in [-0.2, -0.15) is 0 Å². The quantitative estimate of drug-likeness (QED) is 0.197. The van der Waals surface area contributed by atoms with Gasteiger partial charge in [-0.15, -0.1) is 0 Å². The number of aryl methyl sites for hydroxylation is 4.